The first-order chi connectivity index (χ1) is 9.75. The second-order valence-corrected chi connectivity index (χ2v) is 9.06. The molecule has 1 unspecified atom stereocenters. The lowest BCUT2D eigenvalue weighted by Crippen LogP contribution is -2.54. The van der Waals surface area contributed by atoms with Gasteiger partial charge in [-0.3, -0.25) is 0 Å². The minimum Gasteiger partial charge on any atom is -0.393 e. The predicted octanol–water partition coefficient (Wildman–Crippen LogP) is 4.81. The molecule has 114 valence electrons. The number of halogens is 1. The van der Waals surface area contributed by atoms with Crippen molar-refractivity contribution in [3.8, 4) is 0 Å². The van der Waals surface area contributed by atoms with Crippen LogP contribution < -0.4 is 0 Å². The van der Waals surface area contributed by atoms with Gasteiger partial charge >= 0.3 is 0 Å². The largest absolute Gasteiger partial charge is 0.393 e. The van der Waals surface area contributed by atoms with E-state index in [-0.39, 0.29) is 6.10 Å². The van der Waals surface area contributed by atoms with Crippen LogP contribution in [0.1, 0.15) is 64.2 Å². The monoisotopic (exact) mass is 388 g/mol. The molecule has 1 N–H and O–H groups in total. The normalized spacial score (nSPS) is 54.9. The van der Waals surface area contributed by atoms with Gasteiger partial charge in [0.25, 0.3) is 0 Å². The second-order valence-electron chi connectivity index (χ2n) is 8.29. The quantitative estimate of drug-likeness (QED) is 0.505. The Morgan fingerprint density at radius 3 is 2.65 bits per heavy atom. The lowest BCUT2D eigenvalue weighted by molar-refractivity contribution is -0.120. The van der Waals surface area contributed by atoms with Gasteiger partial charge in [0.1, 0.15) is 0 Å². The van der Waals surface area contributed by atoms with E-state index < -0.39 is 0 Å². The molecule has 0 aromatic rings. The van der Waals surface area contributed by atoms with Crippen LogP contribution in [0, 0.1) is 35.0 Å². The Labute approximate surface area is 137 Å². The van der Waals surface area contributed by atoms with Gasteiger partial charge in [0.2, 0.25) is 0 Å². The van der Waals surface area contributed by atoms with Crippen LogP contribution in [0.3, 0.4) is 0 Å². The van der Waals surface area contributed by atoms with Crippen molar-refractivity contribution in [3.05, 3.63) is 0 Å². The van der Waals surface area contributed by atoms with Gasteiger partial charge in [0.05, 0.1) is 6.10 Å². The van der Waals surface area contributed by atoms with Crippen molar-refractivity contribution in [3.63, 3.8) is 0 Å². The first kappa shape index (κ1) is 14.3. The highest BCUT2D eigenvalue weighted by molar-refractivity contribution is 14.1. The van der Waals surface area contributed by atoms with Gasteiger partial charge in [-0.15, -0.1) is 0 Å². The van der Waals surface area contributed by atoms with E-state index in [0.717, 1.165) is 30.1 Å². The molecule has 0 spiro atoms. The molecular formula is C18H29IO. The summed E-state index contributed by atoms with van der Waals surface area (Å²) in [7, 11) is 0. The first-order valence-electron chi connectivity index (χ1n) is 8.99. The number of fused-ring (bicyclic) bond motifs is 5. The summed E-state index contributed by atoms with van der Waals surface area (Å²) in [5.74, 6) is 4.35. The zero-order valence-electron chi connectivity index (χ0n) is 12.6. The van der Waals surface area contributed by atoms with Crippen LogP contribution in [0.15, 0.2) is 0 Å². The van der Waals surface area contributed by atoms with Crippen molar-refractivity contribution in [2.45, 2.75) is 70.3 Å². The predicted molar refractivity (Wildman–Crippen MR) is 90.9 cm³/mol. The van der Waals surface area contributed by atoms with Crippen molar-refractivity contribution >= 4 is 22.6 Å². The van der Waals surface area contributed by atoms with E-state index >= 15 is 0 Å². The van der Waals surface area contributed by atoms with Crippen molar-refractivity contribution in [2.75, 3.05) is 4.43 Å². The van der Waals surface area contributed by atoms with Gasteiger partial charge in [-0.25, -0.2) is 0 Å². The summed E-state index contributed by atoms with van der Waals surface area (Å²) >= 11 is 2.61. The standard InChI is InChI=1S/C18H29IO/c19-11-18-9-3-6-15(18)14-8-7-12-4-1-2-5-13(12)17(14)16(20)10-18/h12-17,20H,1-11H2/t12?,13-,14-,15-,16-,17+,18-/m0/s1. The van der Waals surface area contributed by atoms with Crippen LogP contribution in [0.2, 0.25) is 0 Å². The molecular weight excluding hydrogens is 359 g/mol. The van der Waals surface area contributed by atoms with Gasteiger partial charge in [-0.1, -0.05) is 48.3 Å². The summed E-state index contributed by atoms with van der Waals surface area (Å²) in [5, 5.41) is 11.0. The van der Waals surface area contributed by atoms with Crippen LogP contribution >= 0.6 is 22.6 Å². The molecule has 4 aliphatic carbocycles. The van der Waals surface area contributed by atoms with E-state index in [2.05, 4.69) is 22.6 Å². The molecule has 7 atom stereocenters. The molecule has 20 heavy (non-hydrogen) atoms. The lowest BCUT2D eigenvalue weighted by Gasteiger charge is -2.57. The summed E-state index contributed by atoms with van der Waals surface area (Å²) in [5.41, 5.74) is 0.517. The maximum absolute atomic E-state index is 11.0. The number of aliphatic hydroxyl groups excluding tert-OH is 1. The highest BCUT2D eigenvalue weighted by atomic mass is 127. The molecule has 4 saturated carbocycles. The molecule has 0 saturated heterocycles. The summed E-state index contributed by atoms with van der Waals surface area (Å²) in [4.78, 5) is 0. The smallest absolute Gasteiger partial charge is 0.0579 e. The molecule has 2 heteroatoms. The summed E-state index contributed by atoms with van der Waals surface area (Å²) in [6.07, 6.45) is 14.1. The zero-order valence-corrected chi connectivity index (χ0v) is 14.7. The maximum Gasteiger partial charge on any atom is 0.0579 e. The fraction of sp³-hybridized carbons (Fsp3) is 1.00. The average molecular weight is 388 g/mol. The van der Waals surface area contributed by atoms with Crippen LogP contribution in [0.4, 0.5) is 0 Å². The molecule has 0 heterocycles. The van der Waals surface area contributed by atoms with E-state index in [0.29, 0.717) is 11.3 Å². The highest BCUT2D eigenvalue weighted by Gasteiger charge is 2.57. The number of aliphatic hydroxyl groups is 1. The molecule has 0 bridgehead atoms. The Hall–Kier alpha value is 0.690. The maximum atomic E-state index is 11.0. The molecule has 0 radical (unpaired) electrons. The summed E-state index contributed by atoms with van der Waals surface area (Å²) < 4.78 is 1.28. The first-order valence-corrected chi connectivity index (χ1v) is 10.5. The van der Waals surface area contributed by atoms with Crippen LogP contribution in [0.5, 0.6) is 0 Å². The van der Waals surface area contributed by atoms with Gasteiger partial charge < -0.3 is 5.11 Å². The zero-order chi connectivity index (χ0) is 13.7. The van der Waals surface area contributed by atoms with Gasteiger partial charge in [-0.05, 0) is 73.5 Å². The number of hydrogen-bond acceptors (Lipinski definition) is 1. The van der Waals surface area contributed by atoms with E-state index in [1.165, 1.54) is 62.2 Å². The van der Waals surface area contributed by atoms with Crippen LogP contribution in [-0.2, 0) is 0 Å². The lowest BCUT2D eigenvalue weighted by atomic mass is 9.50. The van der Waals surface area contributed by atoms with Crippen molar-refractivity contribution in [2.24, 2.45) is 35.0 Å². The Bertz CT molecular complexity index is 370. The van der Waals surface area contributed by atoms with Gasteiger partial charge in [-0.2, -0.15) is 0 Å². The fourth-order valence-corrected chi connectivity index (χ4v) is 8.18. The second kappa shape index (κ2) is 5.40. The fourth-order valence-electron chi connectivity index (χ4n) is 6.92. The Morgan fingerprint density at radius 1 is 0.950 bits per heavy atom. The number of hydrogen-bond donors (Lipinski definition) is 1. The Balaban J connectivity index is 1.64. The Kier molecular flexibility index (Phi) is 3.86. The average Bonchev–Trinajstić information content (AvgIpc) is 2.91. The van der Waals surface area contributed by atoms with Crippen molar-refractivity contribution in [1.29, 1.82) is 0 Å². The number of alkyl halides is 1. The third-order valence-electron chi connectivity index (χ3n) is 7.65. The SMILES string of the molecule is O[C@H]1C[C@]2(CI)CCC[C@H]2[C@@H]2CCC3CCCC[C@@H]3[C@H]21. The molecule has 0 amide bonds. The summed E-state index contributed by atoms with van der Waals surface area (Å²) in [6.45, 7) is 0. The van der Waals surface area contributed by atoms with E-state index in [1.54, 1.807) is 0 Å². The van der Waals surface area contributed by atoms with Crippen molar-refractivity contribution in [1.82, 2.24) is 0 Å². The molecule has 4 aliphatic rings. The highest BCUT2D eigenvalue weighted by Crippen LogP contribution is 2.63. The molecule has 0 aromatic heterocycles. The third-order valence-corrected chi connectivity index (χ3v) is 9.17. The minimum atomic E-state index is 0.0232. The van der Waals surface area contributed by atoms with E-state index in [1.807, 2.05) is 0 Å². The molecule has 4 fully saturated rings. The van der Waals surface area contributed by atoms with E-state index in [9.17, 15) is 5.11 Å². The minimum absolute atomic E-state index is 0.0232. The topological polar surface area (TPSA) is 20.2 Å². The van der Waals surface area contributed by atoms with Crippen LogP contribution in [-0.4, -0.2) is 15.6 Å². The van der Waals surface area contributed by atoms with E-state index in [4.69, 9.17) is 0 Å². The number of rotatable bonds is 1. The Morgan fingerprint density at radius 2 is 1.80 bits per heavy atom. The molecule has 0 aliphatic heterocycles. The molecule has 4 rings (SSSR count). The molecule has 0 aromatic carbocycles. The van der Waals surface area contributed by atoms with Crippen LogP contribution in [0.25, 0.3) is 0 Å². The molecule has 1 nitrogen and oxygen atoms in total. The van der Waals surface area contributed by atoms with Crippen molar-refractivity contribution < 1.29 is 5.11 Å². The third kappa shape index (κ3) is 2.03. The van der Waals surface area contributed by atoms with Gasteiger partial charge in [0.15, 0.2) is 0 Å². The summed E-state index contributed by atoms with van der Waals surface area (Å²) in [6, 6.07) is 0. The van der Waals surface area contributed by atoms with Gasteiger partial charge in [0, 0.05) is 4.43 Å².